The molecule has 0 bridgehead atoms. The maximum Gasteiger partial charge on any atom is 0.242 e. The molecule has 6 heteroatoms. The van der Waals surface area contributed by atoms with Crippen molar-refractivity contribution < 1.29 is 4.79 Å². The SMILES string of the molecule is Cl.Cl.NC1(C(=O)N2CCC(Cc3ccccn3)C2)CCCC1. The summed E-state index contributed by atoms with van der Waals surface area (Å²) < 4.78 is 0. The van der Waals surface area contributed by atoms with Crippen LogP contribution in [0.15, 0.2) is 24.4 Å². The summed E-state index contributed by atoms with van der Waals surface area (Å²) in [4.78, 5) is 18.9. The molecule has 2 N–H and O–H groups in total. The maximum atomic E-state index is 12.6. The van der Waals surface area contributed by atoms with Gasteiger partial charge in [-0.15, -0.1) is 24.8 Å². The molecule has 1 saturated heterocycles. The third kappa shape index (κ3) is 4.12. The molecule has 0 spiro atoms. The van der Waals surface area contributed by atoms with E-state index in [9.17, 15) is 4.79 Å². The predicted molar refractivity (Wildman–Crippen MR) is 92.5 cm³/mol. The first kappa shape index (κ1) is 19.2. The van der Waals surface area contributed by atoms with E-state index in [-0.39, 0.29) is 30.7 Å². The quantitative estimate of drug-likeness (QED) is 0.915. The van der Waals surface area contributed by atoms with Gasteiger partial charge in [0.25, 0.3) is 0 Å². The number of halogens is 2. The molecular formula is C16H25Cl2N3O. The normalized spacial score (nSPS) is 22.8. The Labute approximate surface area is 144 Å². The van der Waals surface area contributed by atoms with Gasteiger partial charge in [0.05, 0.1) is 5.54 Å². The van der Waals surface area contributed by atoms with Crippen LogP contribution in [0.25, 0.3) is 0 Å². The molecule has 1 aromatic rings. The number of carbonyl (C=O) groups is 1. The van der Waals surface area contributed by atoms with Gasteiger partial charge in [-0.1, -0.05) is 18.9 Å². The zero-order chi connectivity index (χ0) is 14.0. The second kappa shape index (κ2) is 8.14. The van der Waals surface area contributed by atoms with Crippen molar-refractivity contribution in [1.82, 2.24) is 9.88 Å². The molecule has 1 saturated carbocycles. The fourth-order valence-electron chi connectivity index (χ4n) is 3.53. The summed E-state index contributed by atoms with van der Waals surface area (Å²) in [6, 6.07) is 6.02. The molecule has 1 aliphatic heterocycles. The Morgan fingerprint density at radius 2 is 2.05 bits per heavy atom. The van der Waals surface area contributed by atoms with Gasteiger partial charge in [0, 0.05) is 25.0 Å². The van der Waals surface area contributed by atoms with Crippen molar-refractivity contribution in [3.63, 3.8) is 0 Å². The summed E-state index contributed by atoms with van der Waals surface area (Å²) in [6.45, 7) is 1.70. The summed E-state index contributed by atoms with van der Waals surface area (Å²) in [5.74, 6) is 0.706. The number of aromatic nitrogens is 1. The first-order valence-electron chi connectivity index (χ1n) is 7.65. The number of nitrogens with zero attached hydrogens (tertiary/aromatic N) is 2. The van der Waals surface area contributed by atoms with Crippen LogP contribution in [0.1, 0.15) is 37.8 Å². The minimum absolute atomic E-state index is 0. The third-order valence-corrected chi connectivity index (χ3v) is 4.72. The summed E-state index contributed by atoms with van der Waals surface area (Å²) in [5.41, 5.74) is 6.83. The predicted octanol–water partition coefficient (Wildman–Crippen LogP) is 2.59. The Kier molecular flexibility index (Phi) is 7.10. The Morgan fingerprint density at radius 1 is 1.32 bits per heavy atom. The molecule has 0 aromatic carbocycles. The lowest BCUT2D eigenvalue weighted by atomic mass is 9.97. The second-order valence-electron chi connectivity index (χ2n) is 6.29. The standard InChI is InChI=1S/C16H23N3O.2ClH/c17-16(7-2-3-8-16)15(20)19-10-6-13(12-19)11-14-5-1-4-9-18-14;;/h1,4-5,9,13H,2-3,6-8,10-12,17H2;2*1H. The van der Waals surface area contributed by atoms with Crippen molar-refractivity contribution in [2.75, 3.05) is 13.1 Å². The Bertz CT molecular complexity index is 478. The smallest absolute Gasteiger partial charge is 0.242 e. The topological polar surface area (TPSA) is 59.2 Å². The Hall–Kier alpha value is -0.840. The van der Waals surface area contributed by atoms with Crippen molar-refractivity contribution in [3.05, 3.63) is 30.1 Å². The van der Waals surface area contributed by atoms with Crippen LogP contribution in [-0.2, 0) is 11.2 Å². The minimum Gasteiger partial charge on any atom is -0.341 e. The van der Waals surface area contributed by atoms with Crippen molar-refractivity contribution in [3.8, 4) is 0 Å². The van der Waals surface area contributed by atoms with Crippen LogP contribution in [0.4, 0.5) is 0 Å². The van der Waals surface area contributed by atoms with Gasteiger partial charge >= 0.3 is 0 Å². The molecule has 3 rings (SSSR count). The van der Waals surface area contributed by atoms with Gasteiger partial charge in [-0.3, -0.25) is 9.78 Å². The highest BCUT2D eigenvalue weighted by molar-refractivity contribution is 5.86. The molecule has 1 aliphatic carbocycles. The fourth-order valence-corrected chi connectivity index (χ4v) is 3.53. The van der Waals surface area contributed by atoms with E-state index in [0.717, 1.165) is 57.3 Å². The van der Waals surface area contributed by atoms with Gasteiger partial charge in [0.1, 0.15) is 0 Å². The molecule has 124 valence electrons. The molecule has 1 amide bonds. The molecule has 22 heavy (non-hydrogen) atoms. The van der Waals surface area contributed by atoms with E-state index in [1.54, 1.807) is 0 Å². The molecule has 0 radical (unpaired) electrons. The summed E-state index contributed by atoms with van der Waals surface area (Å²) in [5, 5.41) is 0. The van der Waals surface area contributed by atoms with Crippen LogP contribution in [-0.4, -0.2) is 34.4 Å². The largest absolute Gasteiger partial charge is 0.341 e. The molecule has 1 unspecified atom stereocenters. The van der Waals surface area contributed by atoms with Gasteiger partial charge in [-0.25, -0.2) is 0 Å². The van der Waals surface area contributed by atoms with Crippen molar-refractivity contribution in [2.24, 2.45) is 11.7 Å². The number of carbonyl (C=O) groups excluding carboxylic acids is 1. The van der Waals surface area contributed by atoms with Crippen molar-refractivity contribution >= 4 is 30.7 Å². The number of rotatable bonds is 3. The molecule has 4 nitrogen and oxygen atoms in total. The van der Waals surface area contributed by atoms with E-state index < -0.39 is 5.54 Å². The van der Waals surface area contributed by atoms with E-state index in [2.05, 4.69) is 11.1 Å². The van der Waals surface area contributed by atoms with Crippen molar-refractivity contribution in [2.45, 2.75) is 44.1 Å². The number of likely N-dealkylation sites (tertiary alicyclic amines) is 1. The van der Waals surface area contributed by atoms with E-state index in [1.807, 2.05) is 23.2 Å². The number of pyridine rings is 1. The lowest BCUT2D eigenvalue weighted by Gasteiger charge is -2.28. The monoisotopic (exact) mass is 345 g/mol. The summed E-state index contributed by atoms with van der Waals surface area (Å²) in [6.07, 6.45) is 7.75. The van der Waals surface area contributed by atoms with Crippen LogP contribution in [0.5, 0.6) is 0 Å². The zero-order valence-electron chi connectivity index (χ0n) is 12.7. The minimum atomic E-state index is -0.570. The second-order valence-corrected chi connectivity index (χ2v) is 6.29. The number of hydrogen-bond donors (Lipinski definition) is 1. The van der Waals surface area contributed by atoms with Crippen LogP contribution in [0.3, 0.4) is 0 Å². The highest BCUT2D eigenvalue weighted by Gasteiger charge is 2.41. The lowest BCUT2D eigenvalue weighted by Crippen LogP contribution is -2.52. The summed E-state index contributed by atoms with van der Waals surface area (Å²) >= 11 is 0. The van der Waals surface area contributed by atoms with E-state index in [1.165, 1.54) is 0 Å². The van der Waals surface area contributed by atoms with E-state index >= 15 is 0 Å². The van der Waals surface area contributed by atoms with Gasteiger partial charge in [-0.2, -0.15) is 0 Å². The van der Waals surface area contributed by atoms with E-state index in [4.69, 9.17) is 5.73 Å². The third-order valence-electron chi connectivity index (χ3n) is 4.72. The fraction of sp³-hybridized carbons (Fsp3) is 0.625. The number of nitrogens with two attached hydrogens (primary N) is 1. The molecule has 2 aliphatic rings. The Morgan fingerprint density at radius 3 is 2.68 bits per heavy atom. The zero-order valence-corrected chi connectivity index (χ0v) is 14.4. The van der Waals surface area contributed by atoms with Crippen LogP contribution >= 0.6 is 24.8 Å². The van der Waals surface area contributed by atoms with Crippen LogP contribution in [0, 0.1) is 5.92 Å². The number of amides is 1. The lowest BCUT2D eigenvalue weighted by molar-refractivity contribution is -0.135. The average Bonchev–Trinajstić information content (AvgIpc) is 3.09. The van der Waals surface area contributed by atoms with Crippen molar-refractivity contribution in [1.29, 1.82) is 0 Å². The maximum absolute atomic E-state index is 12.6. The van der Waals surface area contributed by atoms with Crippen LogP contribution in [0.2, 0.25) is 0 Å². The van der Waals surface area contributed by atoms with Crippen LogP contribution < -0.4 is 5.73 Å². The molecule has 2 fully saturated rings. The van der Waals surface area contributed by atoms with E-state index in [0.29, 0.717) is 5.92 Å². The first-order valence-corrected chi connectivity index (χ1v) is 7.65. The first-order chi connectivity index (χ1) is 9.67. The molecule has 1 aromatic heterocycles. The average molecular weight is 346 g/mol. The van der Waals surface area contributed by atoms with Gasteiger partial charge < -0.3 is 10.6 Å². The highest BCUT2D eigenvalue weighted by Crippen LogP contribution is 2.31. The van der Waals surface area contributed by atoms with Gasteiger partial charge in [0.15, 0.2) is 0 Å². The van der Waals surface area contributed by atoms with Gasteiger partial charge in [0.2, 0.25) is 5.91 Å². The Balaban J connectivity index is 0.00000121. The molecule has 2 heterocycles. The van der Waals surface area contributed by atoms with Gasteiger partial charge in [-0.05, 0) is 43.7 Å². The highest BCUT2D eigenvalue weighted by atomic mass is 35.5. The summed E-state index contributed by atoms with van der Waals surface area (Å²) in [7, 11) is 0. The number of hydrogen-bond acceptors (Lipinski definition) is 3. The molecular weight excluding hydrogens is 321 g/mol. The molecule has 1 atom stereocenters.